The second kappa shape index (κ2) is 6.23. The number of nitrogens with zero attached hydrogens (tertiary/aromatic N) is 1. The molecule has 0 radical (unpaired) electrons. The highest BCUT2D eigenvalue weighted by Crippen LogP contribution is 2.26. The van der Waals surface area contributed by atoms with E-state index in [-0.39, 0.29) is 5.75 Å². The molecule has 1 saturated heterocycles. The zero-order valence-corrected chi connectivity index (χ0v) is 11.9. The van der Waals surface area contributed by atoms with Gasteiger partial charge in [0.1, 0.15) is 0 Å². The van der Waals surface area contributed by atoms with Crippen LogP contribution in [0.25, 0.3) is 0 Å². The maximum atomic E-state index is 12.0. The lowest BCUT2D eigenvalue weighted by Gasteiger charge is -2.33. The van der Waals surface area contributed by atoms with E-state index in [9.17, 15) is 8.42 Å². The average molecular weight is 266 g/mol. The molecule has 1 aliphatic heterocycles. The molecule has 1 rings (SSSR count). The molecule has 1 N–H and O–H groups in total. The zero-order valence-electron chi connectivity index (χ0n) is 10.3. The normalized spacial score (nSPS) is 28.2. The lowest BCUT2D eigenvalue weighted by molar-refractivity contribution is 0.404. The van der Waals surface area contributed by atoms with Crippen molar-refractivity contribution < 1.29 is 8.42 Å². The molecule has 2 unspecified atom stereocenters. The molecular weight excluding hydrogens is 244 g/mol. The molecule has 4 nitrogen and oxygen atoms in total. The monoisotopic (exact) mass is 266 g/mol. The number of hydrogen-bond donors (Lipinski definition) is 1. The molecule has 0 aromatic carbocycles. The van der Waals surface area contributed by atoms with Gasteiger partial charge >= 0.3 is 0 Å². The summed E-state index contributed by atoms with van der Waals surface area (Å²) >= 11 is 1.87. The van der Waals surface area contributed by atoms with Crippen molar-refractivity contribution in [2.45, 2.75) is 30.8 Å². The summed E-state index contributed by atoms with van der Waals surface area (Å²) in [5.41, 5.74) is 0. The van der Waals surface area contributed by atoms with E-state index in [1.54, 1.807) is 4.31 Å². The third-order valence-corrected chi connectivity index (χ3v) is 5.73. The molecule has 0 aliphatic carbocycles. The predicted octanol–water partition coefficient (Wildman–Crippen LogP) is 0.752. The lowest BCUT2D eigenvalue weighted by atomic mass is 10.4. The van der Waals surface area contributed by atoms with E-state index >= 15 is 0 Å². The second-order valence-electron chi connectivity index (χ2n) is 4.35. The van der Waals surface area contributed by atoms with Crippen LogP contribution in [0.3, 0.4) is 0 Å². The smallest absolute Gasteiger partial charge is 0.214 e. The van der Waals surface area contributed by atoms with Crippen molar-refractivity contribution in [1.29, 1.82) is 0 Å². The van der Waals surface area contributed by atoms with Crippen LogP contribution in [0, 0.1) is 0 Å². The standard InChI is InChI=1S/C10H22N2O2S2/c1-9-7-12(8-10(2)15-9)16(13,14)6-4-5-11-3/h9-11H,4-8H2,1-3H3. The SMILES string of the molecule is CNCCCS(=O)(=O)N1CC(C)SC(C)C1. The predicted molar refractivity (Wildman–Crippen MR) is 70.4 cm³/mol. The van der Waals surface area contributed by atoms with Crippen LogP contribution >= 0.6 is 11.8 Å². The van der Waals surface area contributed by atoms with Crippen molar-refractivity contribution in [2.24, 2.45) is 0 Å². The molecule has 1 aliphatic rings. The van der Waals surface area contributed by atoms with Crippen LogP contribution in [-0.4, -0.2) is 55.7 Å². The molecule has 0 bridgehead atoms. The van der Waals surface area contributed by atoms with Crippen molar-refractivity contribution in [3.63, 3.8) is 0 Å². The zero-order chi connectivity index (χ0) is 12.2. The van der Waals surface area contributed by atoms with E-state index < -0.39 is 10.0 Å². The molecule has 0 aromatic rings. The number of thioether (sulfide) groups is 1. The third kappa shape index (κ3) is 4.24. The van der Waals surface area contributed by atoms with Gasteiger partial charge in [-0.25, -0.2) is 8.42 Å². The topological polar surface area (TPSA) is 49.4 Å². The van der Waals surface area contributed by atoms with E-state index in [0.29, 0.717) is 30.0 Å². The fourth-order valence-corrected chi connectivity index (χ4v) is 5.10. The maximum Gasteiger partial charge on any atom is 0.214 e. The summed E-state index contributed by atoms with van der Waals surface area (Å²) < 4.78 is 25.7. The van der Waals surface area contributed by atoms with Crippen molar-refractivity contribution in [3.8, 4) is 0 Å². The van der Waals surface area contributed by atoms with Crippen LogP contribution in [0.5, 0.6) is 0 Å². The second-order valence-corrected chi connectivity index (χ2v) is 8.32. The lowest BCUT2D eigenvalue weighted by Crippen LogP contribution is -2.45. The van der Waals surface area contributed by atoms with Crippen LogP contribution in [0.4, 0.5) is 0 Å². The fourth-order valence-electron chi connectivity index (χ4n) is 1.92. The highest BCUT2D eigenvalue weighted by molar-refractivity contribution is 8.00. The Morgan fingerprint density at radius 3 is 2.38 bits per heavy atom. The Labute approximate surface area is 103 Å². The van der Waals surface area contributed by atoms with Gasteiger partial charge in [-0.15, -0.1) is 0 Å². The summed E-state index contributed by atoms with van der Waals surface area (Å²) in [5, 5.41) is 3.78. The van der Waals surface area contributed by atoms with Crippen LogP contribution in [0.1, 0.15) is 20.3 Å². The molecule has 1 fully saturated rings. The van der Waals surface area contributed by atoms with Gasteiger partial charge in [0.2, 0.25) is 10.0 Å². The Hall–Kier alpha value is 0.220. The van der Waals surface area contributed by atoms with Crippen molar-refractivity contribution in [3.05, 3.63) is 0 Å². The first kappa shape index (κ1) is 14.3. The van der Waals surface area contributed by atoms with Gasteiger partial charge in [0.15, 0.2) is 0 Å². The van der Waals surface area contributed by atoms with Gasteiger partial charge in [-0.05, 0) is 20.0 Å². The molecule has 0 amide bonds. The van der Waals surface area contributed by atoms with Crippen LogP contribution in [0.15, 0.2) is 0 Å². The van der Waals surface area contributed by atoms with E-state index in [1.165, 1.54) is 0 Å². The summed E-state index contributed by atoms with van der Waals surface area (Å²) in [6, 6.07) is 0. The van der Waals surface area contributed by atoms with E-state index in [1.807, 2.05) is 18.8 Å². The van der Waals surface area contributed by atoms with Crippen LogP contribution in [0.2, 0.25) is 0 Å². The average Bonchev–Trinajstić information content (AvgIpc) is 2.16. The minimum Gasteiger partial charge on any atom is -0.320 e. The minimum atomic E-state index is -3.04. The van der Waals surface area contributed by atoms with Crippen molar-refractivity contribution >= 4 is 21.8 Å². The maximum absolute atomic E-state index is 12.0. The largest absolute Gasteiger partial charge is 0.320 e. The summed E-state index contributed by atoms with van der Waals surface area (Å²) in [5.74, 6) is 0.262. The molecule has 16 heavy (non-hydrogen) atoms. The molecule has 0 aromatic heterocycles. The fraction of sp³-hybridized carbons (Fsp3) is 1.00. The number of sulfonamides is 1. The first-order valence-corrected chi connectivity index (χ1v) is 8.29. The molecule has 6 heteroatoms. The number of nitrogens with one attached hydrogen (secondary N) is 1. The van der Waals surface area contributed by atoms with E-state index in [4.69, 9.17) is 0 Å². The van der Waals surface area contributed by atoms with Gasteiger partial charge in [0, 0.05) is 23.6 Å². The van der Waals surface area contributed by atoms with Crippen molar-refractivity contribution in [1.82, 2.24) is 9.62 Å². The molecule has 1 heterocycles. The van der Waals surface area contributed by atoms with Gasteiger partial charge in [-0.3, -0.25) is 0 Å². The molecule has 2 atom stereocenters. The van der Waals surface area contributed by atoms with Crippen molar-refractivity contribution in [2.75, 3.05) is 32.4 Å². The Balaban J connectivity index is 2.53. The van der Waals surface area contributed by atoms with Gasteiger partial charge < -0.3 is 5.32 Å². The minimum absolute atomic E-state index is 0.262. The Morgan fingerprint density at radius 2 is 1.88 bits per heavy atom. The van der Waals surface area contributed by atoms with Gasteiger partial charge in [-0.2, -0.15) is 16.1 Å². The van der Waals surface area contributed by atoms with E-state index in [2.05, 4.69) is 19.2 Å². The Morgan fingerprint density at radius 1 is 1.31 bits per heavy atom. The quantitative estimate of drug-likeness (QED) is 0.746. The molecule has 0 saturated carbocycles. The number of rotatable bonds is 5. The Bertz CT molecular complexity index is 296. The first-order valence-electron chi connectivity index (χ1n) is 5.73. The van der Waals surface area contributed by atoms with Crippen LogP contribution < -0.4 is 5.32 Å². The van der Waals surface area contributed by atoms with Gasteiger partial charge in [0.05, 0.1) is 5.75 Å². The van der Waals surface area contributed by atoms with E-state index in [0.717, 1.165) is 6.54 Å². The third-order valence-electron chi connectivity index (χ3n) is 2.61. The Kier molecular flexibility index (Phi) is 5.56. The number of hydrogen-bond acceptors (Lipinski definition) is 4. The molecule has 0 spiro atoms. The van der Waals surface area contributed by atoms with Gasteiger partial charge in [-0.1, -0.05) is 13.8 Å². The summed E-state index contributed by atoms with van der Waals surface area (Å²) in [4.78, 5) is 0. The summed E-state index contributed by atoms with van der Waals surface area (Å²) in [6.07, 6.45) is 0.686. The highest BCUT2D eigenvalue weighted by atomic mass is 32.2. The van der Waals surface area contributed by atoms with Crippen LogP contribution in [-0.2, 0) is 10.0 Å². The summed E-state index contributed by atoms with van der Waals surface area (Å²) in [6.45, 7) is 6.27. The molecule has 96 valence electrons. The highest BCUT2D eigenvalue weighted by Gasteiger charge is 2.30. The molecular formula is C10H22N2O2S2. The van der Waals surface area contributed by atoms with Gasteiger partial charge in [0.25, 0.3) is 0 Å². The summed E-state index contributed by atoms with van der Waals surface area (Å²) in [7, 11) is -1.20. The first-order chi connectivity index (χ1) is 7.45.